The number of amides is 1. The van der Waals surface area contributed by atoms with Crippen molar-refractivity contribution in [2.75, 3.05) is 6.54 Å². The van der Waals surface area contributed by atoms with Crippen LogP contribution in [0.1, 0.15) is 26.4 Å². The molecule has 1 aromatic carbocycles. The lowest BCUT2D eigenvalue weighted by Crippen LogP contribution is -2.42. The Hall–Kier alpha value is -2.63. The number of nitrogens with zero attached hydrogens (tertiary/aromatic N) is 4. The molecule has 1 aliphatic rings. The lowest BCUT2D eigenvalue weighted by Gasteiger charge is -2.29. The van der Waals surface area contributed by atoms with Crippen LogP contribution < -0.4 is 5.73 Å². The molecule has 3 rings (SSSR count). The predicted molar refractivity (Wildman–Crippen MR) is 83.1 cm³/mol. The second kappa shape index (κ2) is 7.41. The summed E-state index contributed by atoms with van der Waals surface area (Å²) >= 11 is 0. The maximum atomic E-state index is 14.0. The van der Waals surface area contributed by atoms with Crippen molar-refractivity contribution < 1.29 is 33.9 Å². The van der Waals surface area contributed by atoms with Crippen LogP contribution in [-0.2, 0) is 30.5 Å². The van der Waals surface area contributed by atoms with E-state index in [4.69, 9.17) is 8.48 Å². The first-order chi connectivity index (χ1) is 13.9. The highest BCUT2D eigenvalue weighted by Crippen LogP contribution is 2.29. The summed E-state index contributed by atoms with van der Waals surface area (Å²) in [5, 5.41) is 6.55. The van der Waals surface area contributed by atoms with Gasteiger partial charge >= 0.3 is 6.18 Å². The van der Waals surface area contributed by atoms with E-state index in [1.807, 2.05) is 0 Å². The van der Waals surface area contributed by atoms with E-state index >= 15 is 0 Å². The fourth-order valence-corrected chi connectivity index (χ4v) is 2.88. The predicted octanol–water partition coefficient (Wildman–Crippen LogP) is 2.02. The van der Waals surface area contributed by atoms with Gasteiger partial charge in [-0.15, -0.1) is 10.2 Å². The molecule has 0 saturated heterocycles. The lowest BCUT2D eigenvalue weighted by molar-refractivity contribution is -0.148. The minimum absolute atomic E-state index is 0.0607. The summed E-state index contributed by atoms with van der Waals surface area (Å²) in [6.07, 6.45) is -5.59. The minimum Gasteiger partial charge on any atom is -0.333 e. The van der Waals surface area contributed by atoms with Gasteiger partial charge in [0.2, 0.25) is 11.7 Å². The summed E-state index contributed by atoms with van der Waals surface area (Å²) in [4.78, 5) is 13.6. The zero-order valence-corrected chi connectivity index (χ0v) is 14.2. The van der Waals surface area contributed by atoms with Crippen LogP contribution in [0.15, 0.2) is 12.1 Å². The first-order valence-corrected chi connectivity index (χ1v) is 8.07. The highest BCUT2D eigenvalue weighted by molar-refractivity contribution is 5.76. The molecule has 0 saturated carbocycles. The van der Waals surface area contributed by atoms with Gasteiger partial charge < -0.3 is 15.2 Å². The zero-order chi connectivity index (χ0) is 22.4. The highest BCUT2D eigenvalue weighted by atomic mass is 19.4. The average molecular weight is 409 g/mol. The van der Waals surface area contributed by atoms with Crippen molar-refractivity contribution in [1.82, 2.24) is 19.7 Å². The monoisotopic (exact) mass is 409 g/mol. The first kappa shape index (κ1) is 17.5. The molecule has 1 aliphatic heterocycles. The molecule has 0 aliphatic carbocycles. The molecule has 0 bridgehead atoms. The van der Waals surface area contributed by atoms with Crippen molar-refractivity contribution in [3.8, 4) is 0 Å². The summed E-state index contributed by atoms with van der Waals surface area (Å²) in [5.41, 5.74) is 5.16. The average Bonchev–Trinajstić information content (AvgIpc) is 3.12. The highest BCUT2D eigenvalue weighted by Gasteiger charge is 2.39. The summed E-state index contributed by atoms with van der Waals surface area (Å²) in [7, 11) is 0. The molecule has 1 atom stereocenters. The van der Waals surface area contributed by atoms with Crippen LogP contribution in [0.4, 0.5) is 26.3 Å². The third kappa shape index (κ3) is 4.11. The molecule has 2 heterocycles. The number of halogens is 6. The quantitative estimate of drug-likeness (QED) is 0.619. The van der Waals surface area contributed by atoms with Gasteiger partial charge in [-0.1, -0.05) is 0 Å². The largest absolute Gasteiger partial charge is 0.451 e. The van der Waals surface area contributed by atoms with E-state index in [1.165, 1.54) is 4.90 Å². The van der Waals surface area contributed by atoms with E-state index in [2.05, 4.69) is 10.2 Å². The molecule has 2 N–H and O–H groups in total. The molecule has 152 valence electrons. The Kier molecular flexibility index (Phi) is 4.63. The van der Waals surface area contributed by atoms with E-state index in [1.54, 1.807) is 0 Å². The number of alkyl halides is 3. The molecular formula is C16H15F6N5O. The maximum absolute atomic E-state index is 14.0. The number of aromatic nitrogens is 3. The van der Waals surface area contributed by atoms with Gasteiger partial charge in [-0.2, -0.15) is 13.2 Å². The molecular weight excluding hydrogens is 392 g/mol. The van der Waals surface area contributed by atoms with Gasteiger partial charge in [0.05, 0.1) is 9.29 Å². The van der Waals surface area contributed by atoms with Crippen molar-refractivity contribution in [2.24, 2.45) is 5.73 Å². The van der Waals surface area contributed by atoms with Gasteiger partial charge in [0.25, 0.3) is 0 Å². The van der Waals surface area contributed by atoms with Crippen molar-refractivity contribution in [1.29, 1.82) is 0 Å². The molecule has 28 heavy (non-hydrogen) atoms. The smallest absolute Gasteiger partial charge is 0.333 e. The topological polar surface area (TPSA) is 77.0 Å². The summed E-state index contributed by atoms with van der Waals surface area (Å²) < 4.78 is 95.1. The number of rotatable bonds is 4. The summed E-state index contributed by atoms with van der Waals surface area (Å²) in [6.45, 7) is -0.496. The molecule has 0 fully saturated rings. The molecule has 12 heteroatoms. The number of hydrogen-bond acceptors (Lipinski definition) is 4. The molecule has 6 nitrogen and oxygen atoms in total. The van der Waals surface area contributed by atoms with Crippen molar-refractivity contribution in [3.05, 3.63) is 46.7 Å². The number of nitrogens with two attached hydrogens (primary N) is 1. The third-order valence-corrected chi connectivity index (χ3v) is 4.20. The van der Waals surface area contributed by atoms with Gasteiger partial charge in [0.15, 0.2) is 17.5 Å². The van der Waals surface area contributed by atoms with Crippen molar-refractivity contribution >= 4 is 5.91 Å². The van der Waals surface area contributed by atoms with E-state index in [0.29, 0.717) is 0 Å². The second-order valence-corrected chi connectivity index (χ2v) is 6.24. The number of hydrogen-bond donors (Lipinski definition) is 1. The Morgan fingerprint density at radius 1 is 1.18 bits per heavy atom. The standard InChI is InChI=1S/C16H15F6N5O/c17-10-6-12(19)11(18)4-8(10)3-9(23)5-14(28)26-1-2-27-13(7-26)24-25-15(27)16(20,21)22/h4,6,9H,1-3,5,7,23H2/t9-/m1/s1/i4D,6D. The Balaban J connectivity index is 1.68. The van der Waals surface area contributed by atoms with Crippen molar-refractivity contribution in [2.45, 2.75) is 38.1 Å². The van der Waals surface area contributed by atoms with E-state index in [0.717, 1.165) is 4.57 Å². The molecule has 2 aromatic rings. The Bertz CT molecular complexity index is 966. The summed E-state index contributed by atoms with van der Waals surface area (Å²) in [5.74, 6) is -6.72. The summed E-state index contributed by atoms with van der Waals surface area (Å²) in [6, 6.07) is -3.53. The van der Waals surface area contributed by atoms with Crippen LogP contribution in [0, 0.1) is 17.5 Å². The van der Waals surface area contributed by atoms with Gasteiger partial charge in [0.1, 0.15) is 5.82 Å². The van der Waals surface area contributed by atoms with Gasteiger partial charge in [-0.05, 0) is 18.0 Å². The van der Waals surface area contributed by atoms with Crippen LogP contribution in [0.25, 0.3) is 0 Å². The third-order valence-electron chi connectivity index (χ3n) is 4.20. The SMILES string of the molecule is [2H]c1c(F)c(F)c([2H])c(C[C@@H](N)CC(=O)N2CCn3c(nnc3C(F)(F)F)C2)c1F. The van der Waals surface area contributed by atoms with E-state index < -0.39 is 71.9 Å². The molecule has 0 unspecified atom stereocenters. The van der Waals surface area contributed by atoms with Crippen LogP contribution in [0.2, 0.25) is 0 Å². The van der Waals surface area contributed by atoms with Gasteiger partial charge in [0, 0.05) is 31.6 Å². The van der Waals surface area contributed by atoms with Gasteiger partial charge in [-0.25, -0.2) is 13.2 Å². The molecule has 0 radical (unpaired) electrons. The van der Waals surface area contributed by atoms with Gasteiger partial charge in [-0.3, -0.25) is 4.79 Å². The minimum atomic E-state index is -4.68. The van der Waals surface area contributed by atoms with Crippen LogP contribution >= 0.6 is 0 Å². The van der Waals surface area contributed by atoms with Crippen LogP contribution in [0.5, 0.6) is 0 Å². The Morgan fingerprint density at radius 3 is 2.54 bits per heavy atom. The number of benzene rings is 1. The van der Waals surface area contributed by atoms with Crippen LogP contribution in [-0.4, -0.2) is 38.2 Å². The fraction of sp³-hybridized carbons (Fsp3) is 0.438. The molecule has 0 spiro atoms. The maximum Gasteiger partial charge on any atom is 0.451 e. The lowest BCUT2D eigenvalue weighted by atomic mass is 10.0. The van der Waals surface area contributed by atoms with Crippen molar-refractivity contribution in [3.63, 3.8) is 0 Å². The fourth-order valence-electron chi connectivity index (χ4n) is 2.88. The second-order valence-electron chi connectivity index (χ2n) is 6.24. The molecule has 1 amide bonds. The Labute approximate surface area is 157 Å². The first-order valence-electron chi connectivity index (χ1n) is 9.07. The Morgan fingerprint density at radius 2 is 1.86 bits per heavy atom. The van der Waals surface area contributed by atoms with Crippen LogP contribution in [0.3, 0.4) is 0 Å². The van der Waals surface area contributed by atoms with E-state index in [-0.39, 0.29) is 25.5 Å². The zero-order valence-electron chi connectivity index (χ0n) is 16.2. The molecule has 1 aromatic heterocycles. The van der Waals surface area contributed by atoms with E-state index in [9.17, 15) is 31.1 Å². The normalized spacial score (nSPS) is 16.5. The number of carbonyl (C=O) groups is 1. The number of fused-ring (bicyclic) bond motifs is 1. The number of carbonyl (C=O) groups excluding carboxylic acids is 1.